The highest BCUT2D eigenvalue weighted by Gasteiger charge is 2.47. The van der Waals surface area contributed by atoms with E-state index in [0.29, 0.717) is 18.5 Å². The molecule has 3 fully saturated rings. The van der Waals surface area contributed by atoms with Crippen molar-refractivity contribution in [2.24, 2.45) is 28.9 Å². The Labute approximate surface area is 275 Å². The molecule has 0 spiro atoms. The lowest BCUT2D eigenvalue weighted by molar-refractivity contribution is -0.142. The summed E-state index contributed by atoms with van der Waals surface area (Å²) in [5.41, 5.74) is 5.04. The maximum Gasteiger partial charge on any atom is 0.316 e. The van der Waals surface area contributed by atoms with Crippen LogP contribution in [-0.2, 0) is 19.2 Å². The Bertz CT molecular complexity index is 1300. The number of urea groups is 1. The molecule has 11 nitrogen and oxygen atoms in total. The minimum Gasteiger partial charge on any atom is -0.363 e. The number of thioether (sulfide) groups is 1. The van der Waals surface area contributed by atoms with Gasteiger partial charge in [-0.1, -0.05) is 77.8 Å². The minimum atomic E-state index is -1.12. The van der Waals surface area contributed by atoms with Gasteiger partial charge in [-0.2, -0.15) is 0 Å². The van der Waals surface area contributed by atoms with Crippen molar-refractivity contribution in [3.8, 4) is 0 Å². The monoisotopic (exact) mass is 655 g/mol. The first kappa shape index (κ1) is 35.4. The van der Waals surface area contributed by atoms with Crippen molar-refractivity contribution in [3.05, 3.63) is 35.9 Å². The molecule has 5 N–H and O–H groups in total. The van der Waals surface area contributed by atoms with Crippen LogP contribution in [0.2, 0.25) is 0 Å². The smallest absolute Gasteiger partial charge is 0.316 e. The van der Waals surface area contributed by atoms with Gasteiger partial charge in [-0.3, -0.25) is 24.0 Å². The zero-order valence-electron chi connectivity index (χ0n) is 27.5. The number of hydrogen-bond donors (Lipinski definition) is 4. The van der Waals surface area contributed by atoms with Crippen LogP contribution in [0.3, 0.4) is 0 Å². The van der Waals surface area contributed by atoms with Gasteiger partial charge in [0, 0.05) is 17.4 Å². The molecule has 46 heavy (non-hydrogen) atoms. The summed E-state index contributed by atoms with van der Waals surface area (Å²) >= 11 is 1.21. The van der Waals surface area contributed by atoms with Crippen LogP contribution in [-0.4, -0.2) is 75.5 Å². The zero-order valence-corrected chi connectivity index (χ0v) is 28.4. The van der Waals surface area contributed by atoms with Gasteiger partial charge in [0.2, 0.25) is 11.8 Å². The fourth-order valence-electron chi connectivity index (χ4n) is 6.35. The lowest BCUT2D eigenvalue weighted by Gasteiger charge is -2.36. The number of ketones is 2. The molecule has 2 saturated carbocycles. The van der Waals surface area contributed by atoms with Crippen molar-refractivity contribution in [1.29, 1.82) is 0 Å². The van der Waals surface area contributed by atoms with Crippen LogP contribution in [0.1, 0.15) is 89.9 Å². The van der Waals surface area contributed by atoms with Crippen molar-refractivity contribution < 1.29 is 28.8 Å². The Kier molecular flexibility index (Phi) is 11.6. The number of amides is 5. The number of Topliss-reactive ketones (excluding diaryl/α,β-unsaturated/α-hetero) is 2. The predicted octanol–water partition coefficient (Wildman–Crippen LogP) is 3.41. The quantitative estimate of drug-likeness (QED) is 0.144. The van der Waals surface area contributed by atoms with E-state index in [0.717, 1.165) is 38.5 Å². The average molecular weight is 656 g/mol. The van der Waals surface area contributed by atoms with Gasteiger partial charge in [-0.25, -0.2) is 4.79 Å². The molecular formula is C34H49N5O6S. The summed E-state index contributed by atoms with van der Waals surface area (Å²) < 4.78 is 0. The van der Waals surface area contributed by atoms with Crippen LogP contribution in [0.15, 0.2) is 30.3 Å². The second-order valence-electron chi connectivity index (χ2n) is 14.4. The third-order valence-electron chi connectivity index (χ3n) is 9.36. The van der Waals surface area contributed by atoms with Gasteiger partial charge in [-0.15, -0.1) is 11.8 Å². The predicted molar refractivity (Wildman–Crippen MR) is 177 cm³/mol. The topological polar surface area (TPSA) is 168 Å². The minimum absolute atomic E-state index is 0.00534. The van der Waals surface area contributed by atoms with Crippen LogP contribution in [0.25, 0.3) is 0 Å². The lowest BCUT2D eigenvalue weighted by Crippen LogP contribution is -2.61. The van der Waals surface area contributed by atoms with E-state index in [1.807, 2.05) is 40.7 Å². The van der Waals surface area contributed by atoms with Gasteiger partial charge >= 0.3 is 6.03 Å². The van der Waals surface area contributed by atoms with Crippen molar-refractivity contribution >= 4 is 47.1 Å². The lowest BCUT2D eigenvalue weighted by atomic mass is 9.85. The van der Waals surface area contributed by atoms with Crippen molar-refractivity contribution in [2.45, 2.75) is 108 Å². The third kappa shape index (κ3) is 8.89. The summed E-state index contributed by atoms with van der Waals surface area (Å²) in [5, 5.41) is 7.51. The number of carbonyl (C=O) groups is 6. The molecule has 5 atom stereocenters. The molecule has 4 rings (SSSR count). The highest BCUT2D eigenvalue weighted by Crippen LogP contribution is 2.37. The number of carbonyl (C=O) groups excluding carboxylic acids is 6. The molecule has 1 aromatic rings. The van der Waals surface area contributed by atoms with Gasteiger partial charge in [0.05, 0.1) is 6.04 Å². The number of benzene rings is 1. The number of primary amides is 1. The van der Waals surface area contributed by atoms with E-state index < -0.39 is 58.5 Å². The standard InChI is InChI=1S/C34H49N5O6S/c1-19(2)22-17-24(30(43)38-31(27(41)29(35)42)46-23-15-16-23)39(18-22)32(44)28(34(3,4)5)37-33(45)36-25(20-11-9-10-12-20)26(40)21-13-7-6-8-14-21/h6-8,13-14,19-20,22-25,28,31H,9-12,15-18H2,1-5H3,(H2,35,42)(H,38,43)(H2,36,37,45)/t22-,24+,25+,28-,31?/m1/s1. The molecule has 0 aromatic heterocycles. The molecule has 252 valence electrons. The number of hydrogen-bond acceptors (Lipinski definition) is 7. The molecular weight excluding hydrogens is 606 g/mol. The summed E-state index contributed by atoms with van der Waals surface area (Å²) in [6.07, 6.45) is 5.75. The second-order valence-corrected chi connectivity index (χ2v) is 15.8. The van der Waals surface area contributed by atoms with Crippen molar-refractivity contribution in [3.63, 3.8) is 0 Å². The summed E-state index contributed by atoms with van der Waals surface area (Å²) in [7, 11) is 0. The van der Waals surface area contributed by atoms with E-state index >= 15 is 0 Å². The SMILES string of the molecule is CC(C)[C@@H]1C[C@@H](C(=O)NC(SC2CC2)C(=O)C(N)=O)N(C(=O)[C@@H](NC(=O)N[C@H](C(=O)c2ccccc2)C2CCCC2)C(C)(C)C)C1. The molecule has 1 aliphatic heterocycles. The third-order valence-corrected chi connectivity index (χ3v) is 10.8. The molecule has 1 heterocycles. The highest BCUT2D eigenvalue weighted by atomic mass is 32.2. The Morgan fingerprint density at radius 3 is 2.07 bits per heavy atom. The molecule has 0 bridgehead atoms. The summed E-state index contributed by atoms with van der Waals surface area (Å²) in [6, 6.07) is 5.60. The van der Waals surface area contributed by atoms with Crippen LogP contribution >= 0.6 is 11.8 Å². The number of likely N-dealkylation sites (tertiary alicyclic amines) is 1. The largest absolute Gasteiger partial charge is 0.363 e. The maximum absolute atomic E-state index is 14.3. The van der Waals surface area contributed by atoms with E-state index in [1.165, 1.54) is 16.7 Å². The van der Waals surface area contributed by atoms with Gasteiger partial charge in [0.1, 0.15) is 17.5 Å². The van der Waals surface area contributed by atoms with Crippen LogP contribution < -0.4 is 21.7 Å². The molecule has 1 unspecified atom stereocenters. The second kappa shape index (κ2) is 15.0. The normalized spacial score (nSPS) is 22.2. The molecule has 0 radical (unpaired) electrons. The van der Waals surface area contributed by atoms with Crippen LogP contribution in [0.5, 0.6) is 0 Å². The molecule has 5 amide bonds. The summed E-state index contributed by atoms with van der Waals surface area (Å²) in [6.45, 7) is 9.84. The molecule has 1 saturated heterocycles. The first-order valence-corrected chi connectivity index (χ1v) is 17.4. The number of nitrogens with two attached hydrogens (primary N) is 1. The van der Waals surface area contributed by atoms with Gasteiger partial charge in [-0.05, 0) is 55.3 Å². The van der Waals surface area contributed by atoms with Crippen LogP contribution in [0.4, 0.5) is 4.79 Å². The fourth-order valence-corrected chi connectivity index (χ4v) is 7.57. The first-order valence-electron chi connectivity index (χ1n) is 16.4. The van der Waals surface area contributed by atoms with Gasteiger partial charge in [0.15, 0.2) is 5.78 Å². The number of nitrogens with zero attached hydrogens (tertiary/aromatic N) is 1. The molecule has 1 aromatic carbocycles. The van der Waals surface area contributed by atoms with E-state index in [4.69, 9.17) is 5.73 Å². The van der Waals surface area contributed by atoms with E-state index in [2.05, 4.69) is 16.0 Å². The molecule has 12 heteroatoms. The van der Waals surface area contributed by atoms with Gasteiger partial charge < -0.3 is 26.6 Å². The first-order chi connectivity index (χ1) is 21.7. The highest BCUT2D eigenvalue weighted by molar-refractivity contribution is 8.01. The van der Waals surface area contributed by atoms with Crippen LogP contribution in [0, 0.1) is 23.2 Å². The van der Waals surface area contributed by atoms with Crippen molar-refractivity contribution in [2.75, 3.05) is 6.54 Å². The number of rotatable bonds is 13. The van der Waals surface area contributed by atoms with Gasteiger partial charge in [0.25, 0.3) is 11.7 Å². The molecule has 2 aliphatic carbocycles. The zero-order chi connectivity index (χ0) is 33.8. The summed E-state index contributed by atoms with van der Waals surface area (Å²) in [5.74, 6) is -2.96. The average Bonchev–Trinajstić information content (AvgIpc) is 3.45. The van der Waals surface area contributed by atoms with E-state index in [-0.39, 0.29) is 28.8 Å². The Morgan fingerprint density at radius 2 is 1.52 bits per heavy atom. The maximum atomic E-state index is 14.3. The fraction of sp³-hybridized carbons (Fsp3) is 0.647. The Balaban J connectivity index is 1.53. The van der Waals surface area contributed by atoms with E-state index in [9.17, 15) is 28.8 Å². The van der Waals surface area contributed by atoms with Crippen molar-refractivity contribution in [1.82, 2.24) is 20.9 Å². The Hall–Kier alpha value is -3.41. The summed E-state index contributed by atoms with van der Waals surface area (Å²) in [4.78, 5) is 80.9. The molecule has 3 aliphatic rings. The van der Waals surface area contributed by atoms with E-state index in [1.54, 1.807) is 24.3 Å². The Morgan fingerprint density at radius 1 is 0.891 bits per heavy atom. The number of nitrogens with one attached hydrogen (secondary N) is 3.